The van der Waals surface area contributed by atoms with Gasteiger partial charge in [-0.2, -0.15) is 0 Å². The molecule has 146 valence electrons. The van der Waals surface area contributed by atoms with Crippen LogP contribution >= 0.6 is 27.5 Å². The summed E-state index contributed by atoms with van der Waals surface area (Å²) >= 11 is 9.53. The first-order chi connectivity index (χ1) is 13.3. The number of amides is 1. The van der Waals surface area contributed by atoms with E-state index in [4.69, 9.17) is 16.3 Å². The van der Waals surface area contributed by atoms with Crippen LogP contribution in [-0.4, -0.2) is 23.9 Å². The second-order valence-corrected chi connectivity index (χ2v) is 7.30. The molecule has 0 heterocycles. The summed E-state index contributed by atoms with van der Waals surface area (Å²) in [5, 5.41) is 0.593. The van der Waals surface area contributed by atoms with E-state index in [2.05, 4.69) is 22.5 Å². The van der Waals surface area contributed by atoms with E-state index in [1.807, 2.05) is 49.4 Å². The minimum atomic E-state index is -0.748. The zero-order valence-electron chi connectivity index (χ0n) is 15.9. The predicted molar refractivity (Wildman–Crippen MR) is 116 cm³/mol. The van der Waals surface area contributed by atoms with E-state index in [1.165, 1.54) is 14.0 Å². The first kappa shape index (κ1) is 21.9. The maximum Gasteiger partial charge on any atom is 0.335 e. The van der Waals surface area contributed by atoms with Gasteiger partial charge in [0, 0.05) is 22.1 Å². The molecule has 2 rings (SSSR count). The van der Waals surface area contributed by atoms with Crippen LogP contribution < -0.4 is 0 Å². The summed E-state index contributed by atoms with van der Waals surface area (Å²) in [6.45, 7) is 7.22. The first-order valence-corrected chi connectivity index (χ1v) is 9.72. The SMILES string of the molecule is C=C(C(=O)OC)[C@@H](c1ccccc1Br)N(C(C)=O)/C(=C\C)c1ccc(Cl)cc1. The molecule has 1 atom stereocenters. The highest BCUT2D eigenvalue weighted by Gasteiger charge is 2.33. The van der Waals surface area contributed by atoms with Gasteiger partial charge in [0.05, 0.1) is 18.7 Å². The fraction of sp³-hybridized carbons (Fsp3) is 0.182. The number of rotatable bonds is 6. The quantitative estimate of drug-likeness (QED) is 0.404. The van der Waals surface area contributed by atoms with E-state index in [1.54, 1.807) is 17.0 Å². The Bertz CT molecular complexity index is 922. The fourth-order valence-corrected chi connectivity index (χ4v) is 3.61. The number of ether oxygens (including phenoxy) is 1. The number of benzene rings is 2. The Morgan fingerprint density at radius 1 is 1.18 bits per heavy atom. The van der Waals surface area contributed by atoms with Gasteiger partial charge in [0.2, 0.25) is 5.91 Å². The number of allylic oxidation sites excluding steroid dienone is 1. The van der Waals surface area contributed by atoms with Crippen molar-refractivity contribution in [3.63, 3.8) is 0 Å². The molecule has 0 bridgehead atoms. The monoisotopic (exact) mass is 461 g/mol. The standard InChI is InChI=1S/C22H21BrClNO3/c1-5-20(16-10-12-17(24)13-11-16)25(15(3)26)21(14(2)22(27)28-4)18-8-6-7-9-19(18)23/h5-13,21H,2H2,1,3-4H3/b20-5-/t21-/m0/s1. The van der Waals surface area contributed by atoms with Gasteiger partial charge in [-0.3, -0.25) is 4.79 Å². The van der Waals surface area contributed by atoms with Crippen molar-refractivity contribution >= 4 is 45.1 Å². The van der Waals surface area contributed by atoms with Crippen LogP contribution in [0.25, 0.3) is 5.70 Å². The summed E-state index contributed by atoms with van der Waals surface area (Å²) in [6.07, 6.45) is 1.82. The van der Waals surface area contributed by atoms with Crippen LogP contribution in [0.15, 0.2) is 71.2 Å². The highest BCUT2D eigenvalue weighted by atomic mass is 79.9. The lowest BCUT2D eigenvalue weighted by Crippen LogP contribution is -2.35. The number of esters is 1. The molecule has 0 saturated carbocycles. The second kappa shape index (κ2) is 9.71. The Balaban J connectivity index is 2.69. The maximum absolute atomic E-state index is 12.8. The number of carbonyl (C=O) groups is 2. The Labute approximate surface area is 178 Å². The highest BCUT2D eigenvalue weighted by molar-refractivity contribution is 9.10. The Morgan fingerprint density at radius 2 is 1.79 bits per heavy atom. The largest absolute Gasteiger partial charge is 0.466 e. The van der Waals surface area contributed by atoms with E-state index in [0.29, 0.717) is 10.7 Å². The molecule has 2 aromatic carbocycles. The van der Waals surface area contributed by atoms with Crippen LogP contribution in [-0.2, 0) is 14.3 Å². The number of carbonyl (C=O) groups excluding carboxylic acids is 2. The fourth-order valence-electron chi connectivity index (χ4n) is 2.98. The summed E-state index contributed by atoms with van der Waals surface area (Å²) < 4.78 is 5.64. The van der Waals surface area contributed by atoms with Crippen LogP contribution in [0, 0.1) is 0 Å². The molecule has 0 spiro atoms. The van der Waals surface area contributed by atoms with Gasteiger partial charge in [-0.15, -0.1) is 0 Å². The lowest BCUT2D eigenvalue weighted by atomic mass is 9.95. The van der Waals surface area contributed by atoms with E-state index in [0.717, 1.165) is 15.6 Å². The third-order valence-corrected chi connectivity index (χ3v) is 5.22. The summed E-state index contributed by atoms with van der Waals surface area (Å²) in [4.78, 5) is 26.7. The van der Waals surface area contributed by atoms with Gasteiger partial charge in [-0.25, -0.2) is 4.79 Å². The van der Waals surface area contributed by atoms with Crippen molar-refractivity contribution in [3.8, 4) is 0 Å². The van der Waals surface area contributed by atoms with Crippen LogP contribution in [0.4, 0.5) is 0 Å². The van der Waals surface area contributed by atoms with Gasteiger partial charge in [-0.1, -0.05) is 70.5 Å². The van der Waals surface area contributed by atoms with Crippen molar-refractivity contribution in [1.82, 2.24) is 4.90 Å². The molecule has 0 unspecified atom stereocenters. The van der Waals surface area contributed by atoms with Gasteiger partial charge in [-0.05, 0) is 36.2 Å². The molecule has 1 amide bonds. The van der Waals surface area contributed by atoms with Crippen molar-refractivity contribution in [3.05, 3.63) is 87.4 Å². The summed E-state index contributed by atoms with van der Waals surface area (Å²) in [7, 11) is 1.29. The van der Waals surface area contributed by atoms with E-state index >= 15 is 0 Å². The molecular weight excluding hydrogens is 442 g/mol. The Hall–Kier alpha value is -2.37. The number of halogens is 2. The topological polar surface area (TPSA) is 46.6 Å². The van der Waals surface area contributed by atoms with Crippen molar-refractivity contribution in [2.45, 2.75) is 19.9 Å². The number of hydrogen-bond acceptors (Lipinski definition) is 3. The lowest BCUT2D eigenvalue weighted by Gasteiger charge is -2.34. The number of methoxy groups -OCH3 is 1. The highest BCUT2D eigenvalue weighted by Crippen LogP contribution is 2.38. The molecular formula is C22H21BrClNO3. The van der Waals surface area contributed by atoms with E-state index < -0.39 is 12.0 Å². The predicted octanol–water partition coefficient (Wildman–Crippen LogP) is 5.78. The Morgan fingerprint density at radius 3 is 2.29 bits per heavy atom. The number of nitrogens with zero attached hydrogens (tertiary/aromatic N) is 1. The van der Waals surface area contributed by atoms with Crippen molar-refractivity contribution < 1.29 is 14.3 Å². The molecule has 0 saturated heterocycles. The summed E-state index contributed by atoms with van der Waals surface area (Å²) in [6, 6.07) is 13.8. The third-order valence-electron chi connectivity index (χ3n) is 4.25. The molecule has 0 N–H and O–H groups in total. The normalized spacial score (nSPS) is 12.2. The van der Waals surface area contributed by atoms with Crippen LogP contribution in [0.3, 0.4) is 0 Å². The van der Waals surface area contributed by atoms with Crippen molar-refractivity contribution in [2.24, 2.45) is 0 Å². The molecule has 0 fully saturated rings. The maximum atomic E-state index is 12.8. The minimum absolute atomic E-state index is 0.151. The van der Waals surface area contributed by atoms with Gasteiger partial charge in [0.1, 0.15) is 0 Å². The van der Waals surface area contributed by atoms with Crippen molar-refractivity contribution in [1.29, 1.82) is 0 Å². The molecule has 4 nitrogen and oxygen atoms in total. The Kier molecular flexibility index (Phi) is 7.61. The average molecular weight is 463 g/mol. The molecule has 0 radical (unpaired) electrons. The van der Waals surface area contributed by atoms with Gasteiger partial charge >= 0.3 is 5.97 Å². The van der Waals surface area contributed by atoms with Crippen molar-refractivity contribution in [2.75, 3.05) is 7.11 Å². The van der Waals surface area contributed by atoms with E-state index in [9.17, 15) is 9.59 Å². The smallest absolute Gasteiger partial charge is 0.335 e. The average Bonchev–Trinajstić information content (AvgIpc) is 2.69. The lowest BCUT2D eigenvalue weighted by molar-refractivity contribution is -0.137. The van der Waals surface area contributed by atoms with Crippen LogP contribution in [0.5, 0.6) is 0 Å². The summed E-state index contributed by atoms with van der Waals surface area (Å²) in [5.74, 6) is -0.826. The van der Waals surface area contributed by atoms with Gasteiger partial charge in [0.25, 0.3) is 0 Å². The van der Waals surface area contributed by atoms with E-state index in [-0.39, 0.29) is 11.5 Å². The molecule has 0 aliphatic heterocycles. The molecule has 0 aromatic heterocycles. The number of hydrogen-bond donors (Lipinski definition) is 0. The first-order valence-electron chi connectivity index (χ1n) is 8.55. The van der Waals surface area contributed by atoms with Crippen LogP contribution in [0.1, 0.15) is 31.0 Å². The third kappa shape index (κ3) is 4.72. The van der Waals surface area contributed by atoms with Crippen LogP contribution in [0.2, 0.25) is 5.02 Å². The second-order valence-electron chi connectivity index (χ2n) is 6.01. The molecule has 6 heteroatoms. The van der Waals surface area contributed by atoms with Gasteiger partial charge in [0.15, 0.2) is 0 Å². The minimum Gasteiger partial charge on any atom is -0.466 e. The summed E-state index contributed by atoms with van der Waals surface area (Å²) in [5.41, 5.74) is 2.30. The molecule has 2 aromatic rings. The molecule has 0 aliphatic carbocycles. The zero-order chi connectivity index (χ0) is 20.8. The van der Waals surface area contributed by atoms with Gasteiger partial charge < -0.3 is 9.64 Å². The molecule has 28 heavy (non-hydrogen) atoms. The zero-order valence-corrected chi connectivity index (χ0v) is 18.3. The molecule has 0 aliphatic rings.